The molecule has 0 aromatic heterocycles. The van der Waals surface area contributed by atoms with E-state index < -0.39 is 0 Å². The van der Waals surface area contributed by atoms with Gasteiger partial charge in [0.1, 0.15) is 5.75 Å². The Kier molecular flexibility index (Phi) is 5.54. The molecular weight excluding hydrogens is 372 g/mol. The number of benzene rings is 1. The van der Waals surface area contributed by atoms with Crippen LogP contribution in [-0.2, 0) is 0 Å². The van der Waals surface area contributed by atoms with Gasteiger partial charge in [0.2, 0.25) is 0 Å². The molecule has 1 fully saturated rings. The molecule has 106 valence electrons. The quantitative estimate of drug-likeness (QED) is 0.844. The molecule has 1 aliphatic heterocycles. The van der Waals surface area contributed by atoms with E-state index in [2.05, 4.69) is 61.1 Å². The van der Waals surface area contributed by atoms with Crippen molar-refractivity contribution in [1.29, 1.82) is 0 Å². The van der Waals surface area contributed by atoms with Crippen molar-refractivity contribution in [2.45, 2.75) is 25.8 Å². The number of halogens is 2. The molecule has 19 heavy (non-hydrogen) atoms. The third kappa shape index (κ3) is 3.64. The summed E-state index contributed by atoms with van der Waals surface area (Å²) in [5.41, 5.74) is 1.22. The van der Waals surface area contributed by atoms with Gasteiger partial charge < -0.3 is 15.0 Å². The van der Waals surface area contributed by atoms with E-state index in [-0.39, 0.29) is 0 Å². The Balaban J connectivity index is 2.11. The Labute approximate surface area is 132 Å². The number of hydrogen-bond donors (Lipinski definition) is 1. The van der Waals surface area contributed by atoms with Gasteiger partial charge in [0.15, 0.2) is 0 Å². The van der Waals surface area contributed by atoms with Crippen molar-refractivity contribution in [2.24, 2.45) is 0 Å². The van der Waals surface area contributed by atoms with Gasteiger partial charge in [-0.15, -0.1) is 0 Å². The molecule has 1 aromatic carbocycles. The van der Waals surface area contributed by atoms with Gasteiger partial charge in [-0.3, -0.25) is 0 Å². The van der Waals surface area contributed by atoms with Crippen LogP contribution < -0.4 is 15.0 Å². The van der Waals surface area contributed by atoms with Crippen molar-refractivity contribution in [3.05, 3.63) is 21.1 Å². The van der Waals surface area contributed by atoms with E-state index in [1.54, 1.807) is 7.11 Å². The van der Waals surface area contributed by atoms with E-state index in [0.29, 0.717) is 6.04 Å². The van der Waals surface area contributed by atoms with Gasteiger partial charge in [-0.2, -0.15) is 0 Å². The maximum atomic E-state index is 5.38. The number of methoxy groups -OCH3 is 1. The largest absolute Gasteiger partial charge is 0.495 e. The summed E-state index contributed by atoms with van der Waals surface area (Å²) in [6.45, 7) is 5.39. The lowest BCUT2D eigenvalue weighted by molar-refractivity contribution is 0.409. The highest BCUT2D eigenvalue weighted by Crippen LogP contribution is 2.37. The average molecular weight is 392 g/mol. The van der Waals surface area contributed by atoms with Crippen LogP contribution >= 0.6 is 31.9 Å². The lowest BCUT2D eigenvalue weighted by Crippen LogP contribution is -2.42. The molecule has 5 heteroatoms. The molecule has 1 aliphatic rings. The monoisotopic (exact) mass is 390 g/mol. The molecule has 1 heterocycles. The SMILES string of the molecule is CCNC1CCN(c2cc(OC)c(Br)cc2Br)CC1. The minimum atomic E-state index is 0.664. The van der Waals surface area contributed by atoms with Gasteiger partial charge >= 0.3 is 0 Å². The molecule has 0 aliphatic carbocycles. The maximum Gasteiger partial charge on any atom is 0.135 e. The van der Waals surface area contributed by atoms with E-state index >= 15 is 0 Å². The van der Waals surface area contributed by atoms with Crippen molar-refractivity contribution < 1.29 is 4.74 Å². The second-order valence-electron chi connectivity index (χ2n) is 4.76. The molecule has 1 saturated heterocycles. The molecule has 1 N–H and O–H groups in total. The summed E-state index contributed by atoms with van der Waals surface area (Å²) in [7, 11) is 1.70. The summed E-state index contributed by atoms with van der Waals surface area (Å²) in [6, 6.07) is 4.82. The summed E-state index contributed by atoms with van der Waals surface area (Å²) < 4.78 is 7.48. The minimum absolute atomic E-state index is 0.664. The molecule has 0 amide bonds. The molecule has 2 rings (SSSR count). The standard InChI is InChI=1S/C14H20Br2N2O/c1-3-17-10-4-6-18(7-5-10)13-9-14(19-2)12(16)8-11(13)15/h8-10,17H,3-7H2,1-2H3. The van der Waals surface area contributed by atoms with Gasteiger partial charge in [-0.05, 0) is 57.3 Å². The minimum Gasteiger partial charge on any atom is -0.495 e. The van der Waals surface area contributed by atoms with Crippen LogP contribution in [0.5, 0.6) is 5.75 Å². The van der Waals surface area contributed by atoms with Gasteiger partial charge in [0.25, 0.3) is 0 Å². The van der Waals surface area contributed by atoms with Crippen molar-refractivity contribution in [3.8, 4) is 5.75 Å². The molecule has 3 nitrogen and oxygen atoms in total. The lowest BCUT2D eigenvalue weighted by atomic mass is 10.0. The number of rotatable bonds is 4. The van der Waals surface area contributed by atoms with E-state index in [1.807, 2.05) is 0 Å². The average Bonchev–Trinajstić information content (AvgIpc) is 2.41. The van der Waals surface area contributed by atoms with Crippen LogP contribution in [0, 0.1) is 0 Å². The maximum absolute atomic E-state index is 5.38. The van der Waals surface area contributed by atoms with Crippen molar-refractivity contribution in [2.75, 3.05) is 31.6 Å². The smallest absolute Gasteiger partial charge is 0.135 e. The lowest BCUT2D eigenvalue weighted by Gasteiger charge is -2.34. The zero-order chi connectivity index (χ0) is 13.8. The van der Waals surface area contributed by atoms with Crippen molar-refractivity contribution in [3.63, 3.8) is 0 Å². The predicted octanol–water partition coefficient (Wildman–Crippen LogP) is 3.80. The first-order chi connectivity index (χ1) is 9.15. The first kappa shape index (κ1) is 15.1. The number of hydrogen-bond acceptors (Lipinski definition) is 3. The fourth-order valence-corrected chi connectivity index (χ4v) is 3.94. The van der Waals surface area contributed by atoms with E-state index in [9.17, 15) is 0 Å². The van der Waals surface area contributed by atoms with Crippen LogP contribution in [0.25, 0.3) is 0 Å². The molecule has 0 radical (unpaired) electrons. The van der Waals surface area contributed by atoms with Crippen LogP contribution in [-0.4, -0.2) is 32.8 Å². The van der Waals surface area contributed by atoms with E-state index in [1.165, 1.54) is 18.5 Å². The normalized spacial score (nSPS) is 16.7. The van der Waals surface area contributed by atoms with Gasteiger partial charge in [0, 0.05) is 29.7 Å². The summed E-state index contributed by atoms with van der Waals surface area (Å²) in [4.78, 5) is 2.42. The van der Waals surface area contributed by atoms with Crippen molar-refractivity contribution in [1.82, 2.24) is 5.32 Å². The van der Waals surface area contributed by atoms with Crippen LogP contribution in [0.4, 0.5) is 5.69 Å². The first-order valence-corrected chi connectivity index (χ1v) is 8.25. The Hall–Kier alpha value is -0.260. The van der Waals surface area contributed by atoms with E-state index in [4.69, 9.17) is 4.74 Å². The second kappa shape index (κ2) is 6.95. The molecular formula is C14H20Br2N2O. The van der Waals surface area contributed by atoms with Gasteiger partial charge in [-0.1, -0.05) is 6.92 Å². The van der Waals surface area contributed by atoms with Crippen LogP contribution in [0.2, 0.25) is 0 Å². The summed E-state index contributed by atoms with van der Waals surface area (Å²) in [6.07, 6.45) is 2.39. The topological polar surface area (TPSA) is 24.5 Å². The number of piperidine rings is 1. The van der Waals surface area contributed by atoms with Crippen LogP contribution in [0.3, 0.4) is 0 Å². The molecule has 0 spiro atoms. The Morgan fingerprint density at radius 2 is 1.95 bits per heavy atom. The second-order valence-corrected chi connectivity index (χ2v) is 6.47. The van der Waals surface area contributed by atoms with Gasteiger partial charge in [0.05, 0.1) is 17.3 Å². The highest BCUT2D eigenvalue weighted by Gasteiger charge is 2.21. The number of nitrogens with one attached hydrogen (secondary N) is 1. The summed E-state index contributed by atoms with van der Waals surface area (Å²) in [5.74, 6) is 0.881. The Bertz CT molecular complexity index is 432. The fraction of sp³-hybridized carbons (Fsp3) is 0.571. The molecule has 0 atom stereocenters. The predicted molar refractivity (Wildman–Crippen MR) is 87.3 cm³/mol. The zero-order valence-electron chi connectivity index (χ0n) is 11.4. The van der Waals surface area contributed by atoms with Crippen LogP contribution in [0.1, 0.15) is 19.8 Å². The first-order valence-electron chi connectivity index (χ1n) is 6.67. The molecule has 0 saturated carbocycles. The Morgan fingerprint density at radius 3 is 2.53 bits per heavy atom. The number of ether oxygens (including phenoxy) is 1. The van der Waals surface area contributed by atoms with E-state index in [0.717, 1.165) is 34.3 Å². The summed E-state index contributed by atoms with van der Waals surface area (Å²) >= 11 is 7.16. The van der Waals surface area contributed by atoms with Crippen LogP contribution in [0.15, 0.2) is 21.1 Å². The summed E-state index contributed by atoms with van der Waals surface area (Å²) in [5, 5.41) is 3.53. The van der Waals surface area contributed by atoms with Gasteiger partial charge in [-0.25, -0.2) is 0 Å². The van der Waals surface area contributed by atoms with Crippen molar-refractivity contribution >= 4 is 37.5 Å². The molecule has 0 unspecified atom stereocenters. The number of nitrogens with zero attached hydrogens (tertiary/aromatic N) is 1. The molecule has 0 bridgehead atoms. The number of anilines is 1. The third-order valence-corrected chi connectivity index (χ3v) is 4.80. The highest BCUT2D eigenvalue weighted by molar-refractivity contribution is 9.11. The third-order valence-electron chi connectivity index (χ3n) is 3.55. The zero-order valence-corrected chi connectivity index (χ0v) is 14.6. The Morgan fingerprint density at radius 1 is 1.26 bits per heavy atom. The fourth-order valence-electron chi connectivity index (χ4n) is 2.53. The molecule has 1 aromatic rings. The highest BCUT2D eigenvalue weighted by atomic mass is 79.9.